The molecule has 5 nitrogen and oxygen atoms in total. The van der Waals surface area contributed by atoms with Crippen LogP contribution in [0.15, 0.2) is 18.3 Å². The molecule has 23 heavy (non-hydrogen) atoms. The van der Waals surface area contributed by atoms with Crippen LogP contribution in [-0.4, -0.2) is 30.5 Å². The average molecular weight is 365 g/mol. The molecule has 0 aliphatic heterocycles. The van der Waals surface area contributed by atoms with Crippen molar-refractivity contribution in [2.45, 2.75) is 40.5 Å². The van der Waals surface area contributed by atoms with E-state index in [2.05, 4.69) is 29.0 Å². The number of nitrogens with two attached hydrogens (primary N) is 1. The van der Waals surface area contributed by atoms with Gasteiger partial charge in [-0.2, -0.15) is 0 Å². The van der Waals surface area contributed by atoms with Gasteiger partial charge in [-0.3, -0.25) is 4.79 Å². The smallest absolute Gasteiger partial charge is 0.231 e. The number of anilines is 2. The van der Waals surface area contributed by atoms with E-state index in [0.29, 0.717) is 6.54 Å². The molecule has 0 fully saturated rings. The molecule has 3 N–H and O–H groups in total. The predicted molar refractivity (Wildman–Crippen MR) is 103 cm³/mol. The van der Waals surface area contributed by atoms with E-state index in [9.17, 15) is 4.79 Å². The Balaban J connectivity index is 0. The summed E-state index contributed by atoms with van der Waals surface area (Å²) in [5, 5.41) is 2.94. The van der Waals surface area contributed by atoms with Crippen molar-refractivity contribution in [1.82, 2.24) is 4.98 Å². The van der Waals surface area contributed by atoms with Gasteiger partial charge in [0.2, 0.25) is 5.91 Å². The van der Waals surface area contributed by atoms with Crippen LogP contribution in [0.2, 0.25) is 0 Å². The van der Waals surface area contributed by atoms with Gasteiger partial charge in [0.15, 0.2) is 0 Å². The van der Waals surface area contributed by atoms with Gasteiger partial charge in [-0.15, -0.1) is 24.8 Å². The Kier molecular flexibility index (Phi) is 12.1. The predicted octanol–water partition coefficient (Wildman–Crippen LogP) is 3.48. The first-order chi connectivity index (χ1) is 10.1. The van der Waals surface area contributed by atoms with E-state index >= 15 is 0 Å². The van der Waals surface area contributed by atoms with Crippen molar-refractivity contribution in [3.8, 4) is 0 Å². The number of nitrogens with zero attached hydrogens (tertiary/aromatic N) is 2. The fourth-order valence-electron chi connectivity index (χ4n) is 2.41. The molecule has 0 saturated heterocycles. The van der Waals surface area contributed by atoms with Crippen LogP contribution in [0, 0.1) is 5.41 Å². The van der Waals surface area contributed by atoms with E-state index in [0.717, 1.165) is 37.4 Å². The molecular weight excluding hydrogens is 335 g/mol. The van der Waals surface area contributed by atoms with Crippen molar-refractivity contribution >= 4 is 42.2 Å². The van der Waals surface area contributed by atoms with Crippen molar-refractivity contribution in [3.63, 3.8) is 0 Å². The van der Waals surface area contributed by atoms with E-state index in [1.54, 1.807) is 6.20 Å². The van der Waals surface area contributed by atoms with Crippen LogP contribution >= 0.6 is 24.8 Å². The Hall–Kier alpha value is -1.04. The molecule has 134 valence electrons. The number of rotatable bonds is 8. The molecule has 1 rings (SSSR count). The Bertz CT molecular complexity index is 438. The molecule has 1 aromatic rings. The normalized spacial score (nSPS) is 10.3. The summed E-state index contributed by atoms with van der Waals surface area (Å²) in [6, 6.07) is 3.83. The lowest BCUT2D eigenvalue weighted by Crippen LogP contribution is -2.41. The van der Waals surface area contributed by atoms with E-state index in [1.165, 1.54) is 0 Å². The fraction of sp³-hybridized carbons (Fsp3) is 0.625. The summed E-state index contributed by atoms with van der Waals surface area (Å²) in [5.41, 5.74) is 6.03. The molecule has 1 amide bonds. The summed E-state index contributed by atoms with van der Waals surface area (Å²) in [7, 11) is 0. The zero-order chi connectivity index (χ0) is 15.9. The molecule has 0 unspecified atom stereocenters. The largest absolute Gasteiger partial charge is 0.357 e. The van der Waals surface area contributed by atoms with Crippen molar-refractivity contribution in [3.05, 3.63) is 18.3 Å². The van der Waals surface area contributed by atoms with E-state index in [1.807, 2.05) is 26.0 Å². The maximum absolute atomic E-state index is 12.4. The zero-order valence-corrected chi connectivity index (χ0v) is 16.1. The molecule has 0 aliphatic rings. The van der Waals surface area contributed by atoms with Crippen LogP contribution in [0.4, 0.5) is 11.5 Å². The molecule has 0 bridgehead atoms. The number of aromatic nitrogens is 1. The summed E-state index contributed by atoms with van der Waals surface area (Å²) >= 11 is 0. The molecule has 0 spiro atoms. The number of carbonyl (C=O) groups excluding carboxylic acids is 1. The minimum Gasteiger partial charge on any atom is -0.357 e. The van der Waals surface area contributed by atoms with Gasteiger partial charge < -0.3 is 16.0 Å². The van der Waals surface area contributed by atoms with Gasteiger partial charge in [0.25, 0.3) is 0 Å². The fourth-order valence-corrected chi connectivity index (χ4v) is 2.41. The maximum Gasteiger partial charge on any atom is 0.231 e. The molecule has 0 saturated carbocycles. The monoisotopic (exact) mass is 364 g/mol. The topological polar surface area (TPSA) is 71.2 Å². The standard InChI is InChI=1S/C16H28N4O.2ClH/c1-5-16(6-2,12-17)15(21)19-13-9-10-14(18-11-13)20(7-3)8-4;;/h9-11H,5-8,12,17H2,1-4H3,(H,19,21);2*1H. The van der Waals surface area contributed by atoms with Gasteiger partial charge in [0, 0.05) is 19.6 Å². The quantitative estimate of drug-likeness (QED) is 0.740. The summed E-state index contributed by atoms with van der Waals surface area (Å²) in [4.78, 5) is 19.0. The third-order valence-corrected chi connectivity index (χ3v) is 4.32. The van der Waals surface area contributed by atoms with Crippen LogP contribution in [-0.2, 0) is 4.79 Å². The first-order valence-electron chi connectivity index (χ1n) is 7.79. The van der Waals surface area contributed by atoms with Crippen molar-refractivity contribution in [1.29, 1.82) is 0 Å². The van der Waals surface area contributed by atoms with E-state index in [-0.39, 0.29) is 30.7 Å². The van der Waals surface area contributed by atoms with Gasteiger partial charge in [-0.1, -0.05) is 13.8 Å². The summed E-state index contributed by atoms with van der Waals surface area (Å²) in [6.07, 6.45) is 3.17. The molecule has 0 aromatic carbocycles. The molecule has 7 heteroatoms. The third kappa shape index (κ3) is 5.83. The van der Waals surface area contributed by atoms with Crippen molar-refractivity contribution < 1.29 is 4.79 Å². The highest BCUT2D eigenvalue weighted by Gasteiger charge is 2.33. The Morgan fingerprint density at radius 1 is 1.17 bits per heavy atom. The lowest BCUT2D eigenvalue weighted by molar-refractivity contribution is -0.125. The molecule has 1 heterocycles. The van der Waals surface area contributed by atoms with E-state index in [4.69, 9.17) is 5.73 Å². The lowest BCUT2D eigenvalue weighted by Gasteiger charge is -2.28. The molecule has 0 radical (unpaired) electrons. The van der Waals surface area contributed by atoms with E-state index < -0.39 is 5.41 Å². The number of pyridine rings is 1. The lowest BCUT2D eigenvalue weighted by atomic mass is 9.81. The first-order valence-corrected chi connectivity index (χ1v) is 7.79. The summed E-state index contributed by atoms with van der Waals surface area (Å²) < 4.78 is 0. The van der Waals surface area contributed by atoms with Gasteiger partial charge >= 0.3 is 0 Å². The number of amides is 1. The highest BCUT2D eigenvalue weighted by molar-refractivity contribution is 5.95. The second-order valence-corrected chi connectivity index (χ2v) is 5.22. The summed E-state index contributed by atoms with van der Waals surface area (Å²) in [5.74, 6) is 0.904. The average Bonchev–Trinajstić information content (AvgIpc) is 2.52. The Labute approximate surface area is 152 Å². The minimum atomic E-state index is -0.489. The van der Waals surface area contributed by atoms with Gasteiger partial charge in [-0.05, 0) is 38.8 Å². The third-order valence-electron chi connectivity index (χ3n) is 4.32. The number of nitrogens with one attached hydrogen (secondary N) is 1. The van der Waals surface area contributed by atoms with Crippen LogP contribution in [0.3, 0.4) is 0 Å². The SMILES string of the molecule is CCN(CC)c1ccc(NC(=O)C(CC)(CC)CN)cn1.Cl.Cl. The molecule has 0 aliphatic carbocycles. The van der Waals surface area contributed by atoms with Crippen molar-refractivity contribution in [2.24, 2.45) is 11.1 Å². The highest BCUT2D eigenvalue weighted by Crippen LogP contribution is 2.27. The van der Waals surface area contributed by atoms with Crippen LogP contribution in [0.1, 0.15) is 40.5 Å². The first kappa shape index (κ1) is 24.2. The number of carbonyl (C=O) groups is 1. The van der Waals surface area contributed by atoms with Gasteiger partial charge in [-0.25, -0.2) is 4.98 Å². The summed E-state index contributed by atoms with van der Waals surface area (Å²) in [6.45, 7) is 10.4. The number of hydrogen-bond acceptors (Lipinski definition) is 4. The van der Waals surface area contributed by atoms with Crippen LogP contribution in [0.25, 0.3) is 0 Å². The van der Waals surface area contributed by atoms with Crippen molar-refractivity contribution in [2.75, 3.05) is 29.9 Å². The second-order valence-electron chi connectivity index (χ2n) is 5.22. The van der Waals surface area contributed by atoms with Gasteiger partial charge in [0.05, 0.1) is 17.3 Å². The maximum atomic E-state index is 12.4. The second kappa shape index (κ2) is 11.5. The van der Waals surface area contributed by atoms with Crippen LogP contribution in [0.5, 0.6) is 0 Å². The highest BCUT2D eigenvalue weighted by atomic mass is 35.5. The number of hydrogen-bond donors (Lipinski definition) is 2. The minimum absolute atomic E-state index is 0. The Morgan fingerprint density at radius 2 is 1.74 bits per heavy atom. The molecular formula is C16H30Cl2N4O. The van der Waals surface area contributed by atoms with Crippen LogP contribution < -0.4 is 16.0 Å². The molecule has 0 atom stereocenters. The van der Waals surface area contributed by atoms with Gasteiger partial charge in [0.1, 0.15) is 5.82 Å². The zero-order valence-electron chi connectivity index (χ0n) is 14.5. The Morgan fingerprint density at radius 3 is 2.09 bits per heavy atom. The molecule has 1 aromatic heterocycles. The number of halogens is 2.